The van der Waals surface area contributed by atoms with Crippen molar-refractivity contribution in [3.05, 3.63) is 36.0 Å². The standard InChI is InChI=1S/C21H28O4/c1-19-9-4-3-5-13(19)6-7-14-15-8-10-21(25,17(24)12-22)20(15,2)11-16(23)18(14)19/h3-6,9,14-16,18,22-23,25H,7-8,10-12H2,1-2H3/t14-,15-,16?,18+,19-,20-,21-/m0/s1. The van der Waals surface area contributed by atoms with Crippen molar-refractivity contribution in [2.45, 2.75) is 51.2 Å². The number of hydrogen-bond donors (Lipinski definition) is 3. The minimum absolute atomic E-state index is 0.0957. The maximum atomic E-state index is 12.3. The first-order valence-corrected chi connectivity index (χ1v) is 9.39. The Morgan fingerprint density at radius 3 is 2.80 bits per heavy atom. The van der Waals surface area contributed by atoms with Crippen LogP contribution in [0.1, 0.15) is 39.5 Å². The number of carbonyl (C=O) groups is 1. The van der Waals surface area contributed by atoms with E-state index < -0.39 is 29.5 Å². The highest BCUT2D eigenvalue weighted by molar-refractivity contribution is 5.89. The molecular formula is C21H28O4. The molecule has 0 saturated heterocycles. The first-order chi connectivity index (χ1) is 11.8. The number of Topliss-reactive ketones (excluding diaryl/α,β-unsaturated/α-hetero) is 1. The third-order valence-corrected chi connectivity index (χ3v) is 7.96. The van der Waals surface area contributed by atoms with E-state index in [1.807, 2.05) is 13.0 Å². The van der Waals surface area contributed by atoms with E-state index in [9.17, 15) is 20.1 Å². The summed E-state index contributed by atoms with van der Waals surface area (Å²) >= 11 is 0. The number of ketones is 1. The van der Waals surface area contributed by atoms with Crippen molar-refractivity contribution in [3.63, 3.8) is 0 Å². The quantitative estimate of drug-likeness (QED) is 0.717. The molecule has 4 rings (SSSR count). The van der Waals surface area contributed by atoms with Gasteiger partial charge in [-0.1, -0.05) is 44.2 Å². The van der Waals surface area contributed by atoms with E-state index in [-0.39, 0.29) is 23.2 Å². The van der Waals surface area contributed by atoms with Crippen molar-refractivity contribution in [1.29, 1.82) is 0 Å². The molecule has 0 bridgehead atoms. The van der Waals surface area contributed by atoms with Crippen LogP contribution in [0.4, 0.5) is 0 Å². The van der Waals surface area contributed by atoms with E-state index in [0.29, 0.717) is 12.8 Å². The molecule has 4 aliphatic rings. The highest BCUT2D eigenvalue weighted by Gasteiger charge is 2.67. The summed E-state index contributed by atoms with van der Waals surface area (Å²) in [5.41, 5.74) is -1.13. The van der Waals surface area contributed by atoms with Gasteiger partial charge in [0.15, 0.2) is 5.78 Å². The molecule has 3 N–H and O–H groups in total. The molecule has 136 valence electrons. The maximum Gasteiger partial charge on any atom is 0.190 e. The van der Waals surface area contributed by atoms with Crippen molar-refractivity contribution >= 4 is 5.78 Å². The van der Waals surface area contributed by atoms with Crippen LogP contribution in [0.5, 0.6) is 0 Å². The van der Waals surface area contributed by atoms with Gasteiger partial charge in [-0.15, -0.1) is 0 Å². The second-order valence-corrected chi connectivity index (χ2v) is 8.86. The highest BCUT2D eigenvalue weighted by Crippen LogP contribution is 2.66. The third-order valence-electron chi connectivity index (χ3n) is 7.96. The van der Waals surface area contributed by atoms with Crippen LogP contribution >= 0.6 is 0 Å². The molecule has 0 spiro atoms. The predicted molar refractivity (Wildman–Crippen MR) is 94.6 cm³/mol. The molecule has 0 aromatic carbocycles. The van der Waals surface area contributed by atoms with Gasteiger partial charge in [-0.05, 0) is 43.1 Å². The number of carbonyl (C=O) groups excluding carboxylic acids is 1. The Bertz CT molecular complexity index is 692. The summed E-state index contributed by atoms with van der Waals surface area (Å²) in [5.74, 6) is 0.00903. The maximum absolute atomic E-state index is 12.3. The van der Waals surface area contributed by atoms with Gasteiger partial charge < -0.3 is 15.3 Å². The summed E-state index contributed by atoms with van der Waals surface area (Å²) < 4.78 is 0. The van der Waals surface area contributed by atoms with Crippen LogP contribution in [0.2, 0.25) is 0 Å². The molecule has 0 aromatic heterocycles. The molecule has 4 heteroatoms. The van der Waals surface area contributed by atoms with Crippen molar-refractivity contribution in [2.24, 2.45) is 28.6 Å². The summed E-state index contributed by atoms with van der Waals surface area (Å²) in [5, 5.41) is 31.7. The SMILES string of the molecule is C[C@]12C=CC=CC1=CC[C@@H]1[C@@H]2C(O)C[C@@]2(C)[C@H]1CC[C@]2(O)C(=O)CO. The van der Waals surface area contributed by atoms with Crippen LogP contribution < -0.4 is 0 Å². The Hall–Kier alpha value is -1.23. The van der Waals surface area contributed by atoms with Gasteiger partial charge in [-0.25, -0.2) is 0 Å². The molecule has 0 aromatic rings. The number of aliphatic hydroxyl groups is 3. The molecule has 0 aliphatic heterocycles. The molecule has 4 nitrogen and oxygen atoms in total. The van der Waals surface area contributed by atoms with Gasteiger partial charge in [0, 0.05) is 16.7 Å². The third kappa shape index (κ3) is 2.02. The van der Waals surface area contributed by atoms with Gasteiger partial charge in [0.2, 0.25) is 0 Å². The molecule has 0 amide bonds. The topological polar surface area (TPSA) is 77.8 Å². The average Bonchev–Trinajstić information content (AvgIpc) is 2.85. The lowest BCUT2D eigenvalue weighted by Gasteiger charge is -2.58. The summed E-state index contributed by atoms with van der Waals surface area (Å²) in [6.07, 6.45) is 12.5. The van der Waals surface area contributed by atoms with Gasteiger partial charge >= 0.3 is 0 Å². The van der Waals surface area contributed by atoms with Crippen LogP contribution in [-0.4, -0.2) is 39.4 Å². The van der Waals surface area contributed by atoms with E-state index in [0.717, 1.165) is 12.8 Å². The molecule has 4 aliphatic carbocycles. The summed E-state index contributed by atoms with van der Waals surface area (Å²) in [4.78, 5) is 12.3. The van der Waals surface area contributed by atoms with Crippen LogP contribution in [0.3, 0.4) is 0 Å². The summed E-state index contributed by atoms with van der Waals surface area (Å²) in [6, 6.07) is 0. The van der Waals surface area contributed by atoms with Crippen LogP contribution in [0.25, 0.3) is 0 Å². The zero-order valence-corrected chi connectivity index (χ0v) is 15.0. The number of rotatable bonds is 2. The Morgan fingerprint density at radius 1 is 1.32 bits per heavy atom. The lowest BCUT2D eigenvalue weighted by molar-refractivity contribution is -0.176. The molecule has 1 unspecified atom stereocenters. The van der Waals surface area contributed by atoms with Gasteiger partial charge in [-0.3, -0.25) is 4.79 Å². The molecule has 2 saturated carbocycles. The number of allylic oxidation sites excluding steroid dienone is 6. The molecule has 0 heterocycles. The van der Waals surface area contributed by atoms with E-state index in [4.69, 9.17) is 0 Å². The monoisotopic (exact) mass is 344 g/mol. The van der Waals surface area contributed by atoms with Gasteiger partial charge in [0.25, 0.3) is 0 Å². The zero-order valence-electron chi connectivity index (χ0n) is 15.0. The van der Waals surface area contributed by atoms with E-state index in [1.54, 1.807) is 0 Å². The van der Waals surface area contributed by atoms with Crippen molar-refractivity contribution in [1.82, 2.24) is 0 Å². The lowest BCUT2D eigenvalue weighted by atomic mass is 9.47. The predicted octanol–water partition coefficient (Wildman–Crippen LogP) is 2.15. The van der Waals surface area contributed by atoms with E-state index in [1.165, 1.54) is 5.57 Å². The summed E-state index contributed by atoms with van der Waals surface area (Å²) in [7, 11) is 0. The molecule has 25 heavy (non-hydrogen) atoms. The fourth-order valence-electron chi connectivity index (χ4n) is 6.67. The smallest absolute Gasteiger partial charge is 0.190 e. The fraction of sp³-hybridized carbons (Fsp3) is 0.667. The first kappa shape index (κ1) is 17.2. The highest BCUT2D eigenvalue weighted by atomic mass is 16.3. The van der Waals surface area contributed by atoms with Crippen molar-refractivity contribution in [2.75, 3.05) is 6.61 Å². The van der Waals surface area contributed by atoms with Crippen molar-refractivity contribution < 1.29 is 20.1 Å². The summed E-state index contributed by atoms with van der Waals surface area (Å²) in [6.45, 7) is 3.50. The minimum atomic E-state index is -1.52. The van der Waals surface area contributed by atoms with Crippen molar-refractivity contribution in [3.8, 4) is 0 Å². The molecule has 0 radical (unpaired) electrons. The minimum Gasteiger partial charge on any atom is -0.393 e. The Labute approximate surface area is 148 Å². The molecule has 7 atom stereocenters. The lowest BCUT2D eigenvalue weighted by Crippen LogP contribution is -2.61. The first-order valence-electron chi connectivity index (χ1n) is 9.39. The second-order valence-electron chi connectivity index (χ2n) is 8.86. The fourth-order valence-corrected chi connectivity index (χ4v) is 6.67. The van der Waals surface area contributed by atoms with E-state index in [2.05, 4.69) is 31.2 Å². The number of aliphatic hydroxyl groups excluding tert-OH is 2. The normalized spacial score (nSPS) is 50.7. The van der Waals surface area contributed by atoms with Crippen LogP contribution in [0.15, 0.2) is 36.0 Å². The van der Waals surface area contributed by atoms with Gasteiger partial charge in [-0.2, -0.15) is 0 Å². The van der Waals surface area contributed by atoms with Crippen LogP contribution in [-0.2, 0) is 4.79 Å². The van der Waals surface area contributed by atoms with E-state index >= 15 is 0 Å². The Kier molecular flexibility index (Phi) is 3.70. The Balaban J connectivity index is 1.77. The molecule has 2 fully saturated rings. The van der Waals surface area contributed by atoms with Crippen LogP contribution in [0, 0.1) is 28.6 Å². The van der Waals surface area contributed by atoms with Gasteiger partial charge in [0.05, 0.1) is 6.10 Å². The zero-order chi connectivity index (χ0) is 18.0. The average molecular weight is 344 g/mol. The second kappa shape index (κ2) is 5.38. The number of hydrogen-bond acceptors (Lipinski definition) is 4. The molecular weight excluding hydrogens is 316 g/mol. The number of fused-ring (bicyclic) bond motifs is 5. The Morgan fingerprint density at radius 2 is 2.08 bits per heavy atom. The largest absolute Gasteiger partial charge is 0.393 e. The van der Waals surface area contributed by atoms with Gasteiger partial charge in [0.1, 0.15) is 12.2 Å².